The van der Waals surface area contributed by atoms with Gasteiger partial charge in [0.2, 0.25) is 0 Å². The summed E-state index contributed by atoms with van der Waals surface area (Å²) in [6, 6.07) is 6.37. The Morgan fingerprint density at radius 1 is 1.04 bits per heavy atom. The number of ether oxygens (including phenoxy) is 1. The Morgan fingerprint density at radius 2 is 2.00 bits per heavy atom. The molecule has 23 heavy (non-hydrogen) atoms. The molecule has 0 amide bonds. The van der Waals surface area contributed by atoms with Crippen LogP contribution in [0.15, 0.2) is 47.6 Å². The first-order valence-corrected chi connectivity index (χ1v) is 8.81. The quantitative estimate of drug-likeness (QED) is 0.731. The van der Waals surface area contributed by atoms with E-state index in [1.54, 1.807) is 0 Å². The SMILES string of the molecule is OCCCCCOc1cccc2c1CCC(C1=CCCC=C1)=C2. The molecule has 2 aliphatic rings. The fourth-order valence-electron chi connectivity index (χ4n) is 3.29. The zero-order chi connectivity index (χ0) is 15.9. The average molecular weight is 310 g/mol. The zero-order valence-electron chi connectivity index (χ0n) is 13.8. The molecule has 2 heteroatoms. The Morgan fingerprint density at radius 3 is 2.83 bits per heavy atom. The van der Waals surface area contributed by atoms with Crippen LogP contribution in [0, 0.1) is 0 Å². The second-order valence-electron chi connectivity index (χ2n) is 6.27. The van der Waals surface area contributed by atoms with Crippen molar-refractivity contribution >= 4 is 6.08 Å². The lowest BCUT2D eigenvalue weighted by atomic mass is 9.86. The lowest BCUT2D eigenvalue weighted by molar-refractivity contribution is 0.265. The van der Waals surface area contributed by atoms with E-state index in [-0.39, 0.29) is 6.61 Å². The molecule has 3 rings (SSSR count). The summed E-state index contributed by atoms with van der Waals surface area (Å²) in [4.78, 5) is 0. The standard InChI is InChI=1S/C21H26O2/c22-14-5-2-6-15-23-21-11-7-10-19-16-18(12-13-20(19)21)17-8-3-1-4-9-17/h3,7-11,16,22H,1-2,4-6,12-15H2. The maximum atomic E-state index is 8.82. The molecule has 1 aromatic rings. The molecule has 1 N–H and O–H groups in total. The summed E-state index contributed by atoms with van der Waals surface area (Å²) < 4.78 is 5.99. The molecule has 0 atom stereocenters. The molecule has 1 aromatic carbocycles. The van der Waals surface area contributed by atoms with Crippen LogP contribution in [0.25, 0.3) is 6.08 Å². The normalized spacial score (nSPS) is 16.6. The van der Waals surface area contributed by atoms with E-state index in [9.17, 15) is 0 Å². The van der Waals surface area contributed by atoms with Gasteiger partial charge in [-0.05, 0) is 67.7 Å². The van der Waals surface area contributed by atoms with Gasteiger partial charge >= 0.3 is 0 Å². The predicted molar refractivity (Wildman–Crippen MR) is 95.6 cm³/mol. The highest BCUT2D eigenvalue weighted by atomic mass is 16.5. The zero-order valence-corrected chi connectivity index (χ0v) is 13.8. The van der Waals surface area contributed by atoms with E-state index < -0.39 is 0 Å². The highest BCUT2D eigenvalue weighted by molar-refractivity contribution is 5.68. The van der Waals surface area contributed by atoms with E-state index in [2.05, 4.69) is 42.5 Å². The van der Waals surface area contributed by atoms with Gasteiger partial charge in [0.1, 0.15) is 5.75 Å². The van der Waals surface area contributed by atoms with Gasteiger partial charge in [0, 0.05) is 12.2 Å². The lowest BCUT2D eigenvalue weighted by Gasteiger charge is -2.21. The Bertz CT molecular complexity index is 623. The van der Waals surface area contributed by atoms with Crippen molar-refractivity contribution < 1.29 is 9.84 Å². The van der Waals surface area contributed by atoms with Gasteiger partial charge in [-0.1, -0.05) is 36.4 Å². The second-order valence-corrected chi connectivity index (χ2v) is 6.27. The number of hydrogen-bond acceptors (Lipinski definition) is 2. The van der Waals surface area contributed by atoms with Crippen molar-refractivity contribution in [3.8, 4) is 5.75 Å². The molecule has 0 unspecified atom stereocenters. The average Bonchev–Trinajstić information content (AvgIpc) is 2.62. The summed E-state index contributed by atoms with van der Waals surface area (Å²) in [5.74, 6) is 1.04. The van der Waals surface area contributed by atoms with Crippen LogP contribution in [-0.4, -0.2) is 18.3 Å². The Balaban J connectivity index is 1.69. The number of benzene rings is 1. The van der Waals surface area contributed by atoms with Crippen LogP contribution in [0.1, 0.15) is 49.7 Å². The van der Waals surface area contributed by atoms with Crippen LogP contribution in [0.3, 0.4) is 0 Å². The minimum absolute atomic E-state index is 0.276. The van der Waals surface area contributed by atoms with E-state index in [1.807, 2.05) is 0 Å². The van der Waals surface area contributed by atoms with E-state index in [4.69, 9.17) is 9.84 Å². The molecule has 0 aromatic heterocycles. The fraction of sp³-hybridized carbons (Fsp3) is 0.429. The molecule has 122 valence electrons. The van der Waals surface area contributed by atoms with Crippen molar-refractivity contribution in [1.29, 1.82) is 0 Å². The molecule has 2 aliphatic carbocycles. The predicted octanol–water partition coefficient (Wildman–Crippen LogP) is 4.83. The molecule has 0 aliphatic heterocycles. The fourth-order valence-corrected chi connectivity index (χ4v) is 3.29. The lowest BCUT2D eigenvalue weighted by Crippen LogP contribution is -2.06. The van der Waals surface area contributed by atoms with Crippen molar-refractivity contribution in [3.05, 3.63) is 58.7 Å². The third-order valence-electron chi connectivity index (χ3n) is 4.57. The number of aliphatic hydroxyl groups excluding tert-OH is 1. The summed E-state index contributed by atoms with van der Waals surface area (Å²) in [7, 11) is 0. The minimum atomic E-state index is 0.276. The Labute approximate surface area is 139 Å². The van der Waals surface area contributed by atoms with Crippen LogP contribution in [0.2, 0.25) is 0 Å². The molecule has 0 saturated carbocycles. The molecule has 0 heterocycles. The number of unbranched alkanes of at least 4 members (excludes halogenated alkanes) is 2. The van der Waals surface area contributed by atoms with Gasteiger partial charge in [0.15, 0.2) is 0 Å². The number of aliphatic hydroxyl groups is 1. The van der Waals surface area contributed by atoms with Gasteiger partial charge in [0.25, 0.3) is 0 Å². The first kappa shape index (κ1) is 16.1. The molecule has 0 saturated heterocycles. The van der Waals surface area contributed by atoms with E-state index in [1.165, 1.54) is 28.7 Å². The van der Waals surface area contributed by atoms with Crippen molar-refractivity contribution in [2.24, 2.45) is 0 Å². The molecular formula is C21H26O2. The largest absolute Gasteiger partial charge is 0.493 e. The molecule has 0 fully saturated rings. The van der Waals surface area contributed by atoms with Gasteiger partial charge in [-0.15, -0.1) is 0 Å². The maximum absolute atomic E-state index is 8.82. The first-order valence-electron chi connectivity index (χ1n) is 8.81. The van der Waals surface area contributed by atoms with Crippen molar-refractivity contribution in [2.75, 3.05) is 13.2 Å². The summed E-state index contributed by atoms with van der Waals surface area (Å²) >= 11 is 0. The summed E-state index contributed by atoms with van der Waals surface area (Å²) in [5, 5.41) is 8.82. The minimum Gasteiger partial charge on any atom is -0.493 e. The van der Waals surface area contributed by atoms with Crippen molar-refractivity contribution in [2.45, 2.75) is 44.9 Å². The van der Waals surface area contributed by atoms with Crippen LogP contribution >= 0.6 is 0 Å². The first-order chi connectivity index (χ1) is 11.4. The molecule has 0 radical (unpaired) electrons. The van der Waals surface area contributed by atoms with E-state index >= 15 is 0 Å². The van der Waals surface area contributed by atoms with E-state index in [0.717, 1.165) is 50.9 Å². The Hall–Kier alpha value is -1.80. The monoisotopic (exact) mass is 310 g/mol. The highest BCUT2D eigenvalue weighted by Gasteiger charge is 2.16. The summed E-state index contributed by atoms with van der Waals surface area (Å²) in [5.41, 5.74) is 5.50. The number of hydrogen-bond donors (Lipinski definition) is 1. The Kier molecular flexibility index (Phi) is 5.71. The van der Waals surface area contributed by atoms with E-state index in [0.29, 0.717) is 0 Å². The number of rotatable bonds is 7. The molecular weight excluding hydrogens is 284 g/mol. The smallest absolute Gasteiger partial charge is 0.123 e. The topological polar surface area (TPSA) is 29.5 Å². The maximum Gasteiger partial charge on any atom is 0.123 e. The van der Waals surface area contributed by atoms with Gasteiger partial charge in [0.05, 0.1) is 6.61 Å². The second kappa shape index (κ2) is 8.16. The summed E-state index contributed by atoms with van der Waals surface area (Å²) in [6.07, 6.45) is 16.6. The van der Waals surface area contributed by atoms with Gasteiger partial charge in [-0.25, -0.2) is 0 Å². The molecule has 0 spiro atoms. The molecule has 0 bridgehead atoms. The van der Waals surface area contributed by atoms with Crippen molar-refractivity contribution in [1.82, 2.24) is 0 Å². The van der Waals surface area contributed by atoms with Crippen LogP contribution < -0.4 is 4.74 Å². The van der Waals surface area contributed by atoms with Crippen LogP contribution in [0.4, 0.5) is 0 Å². The highest BCUT2D eigenvalue weighted by Crippen LogP contribution is 2.34. The summed E-state index contributed by atoms with van der Waals surface area (Å²) in [6.45, 7) is 1.01. The third-order valence-corrected chi connectivity index (χ3v) is 4.57. The van der Waals surface area contributed by atoms with Gasteiger partial charge in [-0.2, -0.15) is 0 Å². The molecule has 2 nitrogen and oxygen atoms in total. The van der Waals surface area contributed by atoms with Crippen molar-refractivity contribution in [3.63, 3.8) is 0 Å². The van der Waals surface area contributed by atoms with Crippen LogP contribution in [-0.2, 0) is 6.42 Å². The number of fused-ring (bicyclic) bond motifs is 1. The van der Waals surface area contributed by atoms with Gasteiger partial charge < -0.3 is 9.84 Å². The van der Waals surface area contributed by atoms with Gasteiger partial charge in [-0.3, -0.25) is 0 Å². The number of allylic oxidation sites excluding steroid dienone is 5. The third kappa shape index (κ3) is 4.14. The van der Waals surface area contributed by atoms with Crippen LogP contribution in [0.5, 0.6) is 5.75 Å².